The molecule has 0 spiro atoms. The summed E-state index contributed by atoms with van der Waals surface area (Å²) in [7, 11) is 1.58. The highest BCUT2D eigenvalue weighted by Crippen LogP contribution is 2.23. The van der Waals surface area contributed by atoms with E-state index in [1.807, 2.05) is 42.5 Å². The van der Waals surface area contributed by atoms with Gasteiger partial charge in [0.05, 0.1) is 23.7 Å². The zero-order valence-corrected chi connectivity index (χ0v) is 11.8. The average molecular weight is 292 g/mol. The number of aromatic nitrogens is 4. The van der Waals surface area contributed by atoms with E-state index >= 15 is 0 Å². The quantitative estimate of drug-likeness (QED) is 0.567. The Morgan fingerprint density at radius 2 is 1.82 bits per heavy atom. The number of benzene rings is 2. The van der Waals surface area contributed by atoms with Crippen LogP contribution in [0.4, 0.5) is 0 Å². The molecule has 0 saturated heterocycles. The topological polar surface area (TPSA) is 61.4 Å². The van der Waals surface area contributed by atoms with Crippen LogP contribution < -0.4 is 10.3 Å². The highest BCUT2D eigenvalue weighted by molar-refractivity contribution is 5.81. The molecular weight excluding hydrogens is 280 g/mol. The van der Waals surface area contributed by atoms with Crippen molar-refractivity contribution < 1.29 is 4.74 Å². The zero-order chi connectivity index (χ0) is 15.1. The SMILES string of the molecule is COc1ccccc1-n1c(=O)c2ccccc2n2cnnc12. The summed E-state index contributed by atoms with van der Waals surface area (Å²) in [5, 5.41) is 8.65. The van der Waals surface area contributed by atoms with Crippen LogP contribution in [-0.4, -0.2) is 26.3 Å². The molecule has 0 N–H and O–H groups in total. The van der Waals surface area contributed by atoms with Crippen molar-refractivity contribution in [3.63, 3.8) is 0 Å². The van der Waals surface area contributed by atoms with Crippen molar-refractivity contribution in [3.8, 4) is 11.4 Å². The van der Waals surface area contributed by atoms with E-state index < -0.39 is 0 Å². The summed E-state index contributed by atoms with van der Waals surface area (Å²) in [5.74, 6) is 1.05. The maximum atomic E-state index is 12.9. The van der Waals surface area contributed by atoms with Crippen LogP contribution in [0.5, 0.6) is 5.75 Å². The van der Waals surface area contributed by atoms with Crippen molar-refractivity contribution >= 4 is 16.7 Å². The lowest BCUT2D eigenvalue weighted by Gasteiger charge is -2.13. The molecule has 6 nitrogen and oxygen atoms in total. The van der Waals surface area contributed by atoms with Gasteiger partial charge < -0.3 is 4.74 Å². The smallest absolute Gasteiger partial charge is 0.267 e. The van der Waals surface area contributed by atoms with E-state index in [1.165, 1.54) is 4.57 Å². The Hall–Kier alpha value is -3.15. The predicted octanol–water partition coefficient (Wildman–Crippen LogP) is 2.04. The molecule has 2 aromatic carbocycles. The van der Waals surface area contributed by atoms with E-state index in [9.17, 15) is 4.79 Å². The molecule has 0 fully saturated rings. The molecule has 0 bridgehead atoms. The molecule has 6 heteroatoms. The first-order valence-corrected chi connectivity index (χ1v) is 6.78. The van der Waals surface area contributed by atoms with Gasteiger partial charge in [-0.15, -0.1) is 10.2 Å². The van der Waals surface area contributed by atoms with Crippen molar-refractivity contribution in [2.24, 2.45) is 0 Å². The molecule has 2 aromatic heterocycles. The minimum absolute atomic E-state index is 0.152. The van der Waals surface area contributed by atoms with Crippen LogP contribution in [0.3, 0.4) is 0 Å². The van der Waals surface area contributed by atoms with E-state index in [0.29, 0.717) is 22.6 Å². The molecule has 4 rings (SSSR count). The van der Waals surface area contributed by atoms with E-state index in [0.717, 1.165) is 5.52 Å². The maximum absolute atomic E-state index is 12.9. The van der Waals surface area contributed by atoms with Gasteiger partial charge in [0.25, 0.3) is 5.56 Å². The van der Waals surface area contributed by atoms with Crippen LogP contribution >= 0.6 is 0 Å². The number of ether oxygens (including phenoxy) is 1. The Morgan fingerprint density at radius 3 is 2.68 bits per heavy atom. The number of nitrogens with zero attached hydrogens (tertiary/aromatic N) is 4. The lowest BCUT2D eigenvalue weighted by molar-refractivity contribution is 0.413. The van der Waals surface area contributed by atoms with Gasteiger partial charge in [-0.2, -0.15) is 0 Å². The average Bonchev–Trinajstić information content (AvgIpc) is 3.05. The highest BCUT2D eigenvalue weighted by atomic mass is 16.5. The van der Waals surface area contributed by atoms with E-state index in [1.54, 1.807) is 23.9 Å². The second-order valence-electron chi connectivity index (χ2n) is 4.83. The first kappa shape index (κ1) is 12.6. The molecular formula is C16H12N4O2. The van der Waals surface area contributed by atoms with Gasteiger partial charge in [0.15, 0.2) is 0 Å². The van der Waals surface area contributed by atoms with Crippen LogP contribution in [-0.2, 0) is 0 Å². The second kappa shape index (κ2) is 4.70. The molecule has 0 aliphatic heterocycles. The molecule has 0 radical (unpaired) electrons. The summed E-state index contributed by atoms with van der Waals surface area (Å²) >= 11 is 0. The Morgan fingerprint density at radius 1 is 1.05 bits per heavy atom. The van der Waals surface area contributed by atoms with E-state index in [-0.39, 0.29) is 5.56 Å². The summed E-state index contributed by atoms with van der Waals surface area (Å²) < 4.78 is 8.69. The Labute approximate surface area is 125 Å². The molecule has 0 amide bonds. The number of rotatable bonds is 2. The largest absolute Gasteiger partial charge is 0.495 e. The van der Waals surface area contributed by atoms with Crippen molar-refractivity contribution in [3.05, 3.63) is 65.2 Å². The summed E-state index contributed by atoms with van der Waals surface area (Å²) in [5.41, 5.74) is 1.26. The predicted molar refractivity (Wildman–Crippen MR) is 82.6 cm³/mol. The molecule has 2 heterocycles. The number of methoxy groups -OCH3 is 1. The first-order valence-electron chi connectivity index (χ1n) is 6.78. The fourth-order valence-corrected chi connectivity index (χ4v) is 2.66. The first-order chi connectivity index (χ1) is 10.8. The van der Waals surface area contributed by atoms with Crippen LogP contribution in [0, 0.1) is 0 Å². The molecule has 108 valence electrons. The van der Waals surface area contributed by atoms with Gasteiger partial charge in [-0.25, -0.2) is 4.57 Å². The van der Waals surface area contributed by atoms with Gasteiger partial charge in [-0.05, 0) is 24.3 Å². The van der Waals surface area contributed by atoms with Crippen molar-refractivity contribution in [1.82, 2.24) is 19.2 Å². The second-order valence-corrected chi connectivity index (χ2v) is 4.83. The standard InChI is InChI=1S/C16H12N4O2/c1-22-14-9-5-4-8-13(14)20-15(21)11-6-2-3-7-12(11)19-10-17-18-16(19)20/h2-10H,1H3. The minimum atomic E-state index is -0.152. The highest BCUT2D eigenvalue weighted by Gasteiger charge is 2.15. The molecule has 0 saturated carbocycles. The number of hydrogen-bond acceptors (Lipinski definition) is 4. The van der Waals surface area contributed by atoms with Crippen molar-refractivity contribution in [1.29, 1.82) is 0 Å². The summed E-state index contributed by atoms with van der Waals surface area (Å²) in [6.07, 6.45) is 1.60. The third kappa shape index (κ3) is 1.64. The third-order valence-electron chi connectivity index (χ3n) is 3.65. The van der Waals surface area contributed by atoms with Crippen LogP contribution in [0.15, 0.2) is 59.7 Å². The van der Waals surface area contributed by atoms with Gasteiger partial charge in [0.2, 0.25) is 5.78 Å². The summed E-state index contributed by atoms with van der Waals surface area (Å²) in [6.45, 7) is 0. The van der Waals surface area contributed by atoms with Gasteiger partial charge in [0, 0.05) is 0 Å². The van der Waals surface area contributed by atoms with E-state index in [4.69, 9.17) is 4.74 Å². The Kier molecular flexibility index (Phi) is 2.69. The monoisotopic (exact) mass is 292 g/mol. The number of fused-ring (bicyclic) bond motifs is 3. The molecule has 0 aliphatic carbocycles. The fourth-order valence-electron chi connectivity index (χ4n) is 2.66. The lowest BCUT2D eigenvalue weighted by Crippen LogP contribution is -2.22. The van der Waals surface area contributed by atoms with Crippen LogP contribution in [0.2, 0.25) is 0 Å². The molecule has 0 atom stereocenters. The van der Waals surface area contributed by atoms with E-state index in [2.05, 4.69) is 10.2 Å². The van der Waals surface area contributed by atoms with Crippen molar-refractivity contribution in [2.45, 2.75) is 0 Å². The lowest BCUT2D eigenvalue weighted by atomic mass is 10.2. The molecule has 0 unspecified atom stereocenters. The normalized spacial score (nSPS) is 11.1. The van der Waals surface area contributed by atoms with Gasteiger partial charge in [-0.1, -0.05) is 24.3 Å². The summed E-state index contributed by atoms with van der Waals surface area (Å²) in [6, 6.07) is 14.7. The third-order valence-corrected chi connectivity index (χ3v) is 3.65. The van der Waals surface area contributed by atoms with Crippen LogP contribution in [0.25, 0.3) is 22.4 Å². The van der Waals surface area contributed by atoms with Gasteiger partial charge in [0.1, 0.15) is 12.1 Å². The summed E-state index contributed by atoms with van der Waals surface area (Å²) in [4.78, 5) is 12.9. The van der Waals surface area contributed by atoms with Crippen LogP contribution in [0.1, 0.15) is 0 Å². The molecule has 4 aromatic rings. The molecule has 22 heavy (non-hydrogen) atoms. The molecule has 0 aliphatic rings. The minimum Gasteiger partial charge on any atom is -0.495 e. The zero-order valence-electron chi connectivity index (χ0n) is 11.8. The Bertz CT molecular complexity index is 1050. The van der Waals surface area contributed by atoms with Crippen molar-refractivity contribution in [2.75, 3.05) is 7.11 Å². The number of para-hydroxylation sites is 3. The Balaban J connectivity index is 2.24. The van der Waals surface area contributed by atoms with Gasteiger partial charge >= 0.3 is 0 Å². The maximum Gasteiger partial charge on any atom is 0.267 e. The van der Waals surface area contributed by atoms with Gasteiger partial charge in [-0.3, -0.25) is 9.20 Å². The fraction of sp³-hybridized carbons (Fsp3) is 0.0625. The number of hydrogen-bond donors (Lipinski definition) is 0.